The zero-order valence-corrected chi connectivity index (χ0v) is 16.2. The second-order valence-electron chi connectivity index (χ2n) is 7.07. The summed E-state index contributed by atoms with van der Waals surface area (Å²) in [7, 11) is -2.78. The van der Waals surface area contributed by atoms with Gasteiger partial charge in [-0.1, -0.05) is 6.07 Å². The Bertz CT molecular complexity index is 1290. The van der Waals surface area contributed by atoms with Gasteiger partial charge in [0, 0.05) is 24.2 Å². The van der Waals surface area contributed by atoms with E-state index in [-0.39, 0.29) is 15.8 Å². The third-order valence-electron chi connectivity index (χ3n) is 5.18. The van der Waals surface area contributed by atoms with Crippen molar-refractivity contribution in [3.05, 3.63) is 69.5 Å². The minimum atomic E-state index is -4.79. The summed E-state index contributed by atoms with van der Waals surface area (Å²) in [5.41, 5.74) is 0.623. The fraction of sp³-hybridized carbons (Fsp3) is 0.250. The number of rotatable bonds is 3. The van der Waals surface area contributed by atoms with Crippen LogP contribution in [0.3, 0.4) is 0 Å². The molecule has 29 heavy (non-hydrogen) atoms. The lowest BCUT2D eigenvalue weighted by Gasteiger charge is -2.15. The topological polar surface area (TPSA) is 68.2 Å². The number of hydrogen-bond acceptors (Lipinski definition) is 3. The molecule has 3 aromatic rings. The minimum Gasteiger partial charge on any atom is -0.311 e. The molecule has 4 rings (SSSR count). The lowest BCUT2D eigenvalue weighted by molar-refractivity contribution is -0.136. The molecule has 0 fully saturated rings. The Morgan fingerprint density at radius 1 is 1.00 bits per heavy atom. The van der Waals surface area contributed by atoms with Crippen molar-refractivity contribution in [3.63, 3.8) is 0 Å². The predicted molar refractivity (Wildman–Crippen MR) is 103 cm³/mol. The van der Waals surface area contributed by atoms with E-state index >= 15 is 0 Å². The highest BCUT2D eigenvalue weighted by Crippen LogP contribution is 2.35. The minimum absolute atomic E-state index is 0.00121. The van der Waals surface area contributed by atoms with Gasteiger partial charge < -0.3 is 4.57 Å². The monoisotopic (exact) mass is 422 g/mol. The number of fused-ring (bicyclic) bond motifs is 2. The van der Waals surface area contributed by atoms with Crippen molar-refractivity contribution >= 4 is 26.6 Å². The maximum atomic E-state index is 13.4. The molecule has 0 radical (unpaired) electrons. The van der Waals surface area contributed by atoms with Crippen molar-refractivity contribution < 1.29 is 21.6 Å². The molecule has 1 aliphatic rings. The lowest BCUT2D eigenvalue weighted by atomic mass is 10.1. The van der Waals surface area contributed by atoms with Crippen molar-refractivity contribution in [2.24, 2.45) is 7.05 Å². The molecule has 0 atom stereocenters. The first-order valence-corrected chi connectivity index (χ1v) is 10.4. The van der Waals surface area contributed by atoms with Gasteiger partial charge in [0.15, 0.2) is 0 Å². The second-order valence-corrected chi connectivity index (χ2v) is 8.76. The molecule has 0 unspecified atom stereocenters. The van der Waals surface area contributed by atoms with E-state index in [4.69, 9.17) is 0 Å². The van der Waals surface area contributed by atoms with E-state index < -0.39 is 27.3 Å². The zero-order chi connectivity index (χ0) is 21.0. The van der Waals surface area contributed by atoms with Gasteiger partial charge in [-0.05, 0) is 60.7 Å². The van der Waals surface area contributed by atoms with Gasteiger partial charge in [-0.3, -0.25) is 9.52 Å². The van der Waals surface area contributed by atoms with Crippen molar-refractivity contribution in [1.29, 1.82) is 0 Å². The van der Waals surface area contributed by atoms with Gasteiger partial charge in [0.2, 0.25) is 0 Å². The number of benzene rings is 2. The summed E-state index contributed by atoms with van der Waals surface area (Å²) in [6.45, 7) is 0. The summed E-state index contributed by atoms with van der Waals surface area (Å²) in [6.07, 6.45) is -1.97. The zero-order valence-electron chi connectivity index (χ0n) is 15.4. The lowest BCUT2D eigenvalue weighted by Crippen LogP contribution is -2.21. The first-order chi connectivity index (χ1) is 13.6. The molecular weight excluding hydrogens is 405 g/mol. The number of alkyl halides is 3. The second kappa shape index (κ2) is 6.62. The fourth-order valence-corrected chi connectivity index (χ4v) is 4.77. The average molecular weight is 422 g/mol. The molecule has 0 saturated heterocycles. The van der Waals surface area contributed by atoms with Crippen LogP contribution in [0.1, 0.15) is 23.1 Å². The Balaban J connectivity index is 1.81. The summed E-state index contributed by atoms with van der Waals surface area (Å²) in [5.74, 6) is 0. The van der Waals surface area contributed by atoms with Crippen molar-refractivity contribution in [3.8, 4) is 0 Å². The molecule has 0 amide bonds. The normalized spacial score (nSPS) is 14.2. The summed E-state index contributed by atoms with van der Waals surface area (Å²) in [4.78, 5) is 11.5. The van der Waals surface area contributed by atoms with Gasteiger partial charge in [-0.2, -0.15) is 13.2 Å². The number of halogens is 3. The van der Waals surface area contributed by atoms with Crippen LogP contribution in [-0.2, 0) is 36.1 Å². The Kier molecular flexibility index (Phi) is 4.45. The number of aryl methyl sites for hydroxylation is 3. The maximum absolute atomic E-state index is 13.4. The van der Waals surface area contributed by atoms with Crippen molar-refractivity contribution in [2.45, 2.75) is 30.3 Å². The first-order valence-electron chi connectivity index (χ1n) is 8.92. The van der Waals surface area contributed by atoms with Crippen LogP contribution in [0, 0.1) is 0 Å². The Labute approximate surface area is 164 Å². The molecule has 1 heterocycles. The molecule has 1 N–H and O–H groups in total. The number of pyridine rings is 1. The van der Waals surface area contributed by atoms with Crippen LogP contribution in [0.25, 0.3) is 10.9 Å². The van der Waals surface area contributed by atoms with Crippen LogP contribution in [0.5, 0.6) is 0 Å². The van der Waals surface area contributed by atoms with E-state index in [1.54, 1.807) is 12.1 Å². The van der Waals surface area contributed by atoms with E-state index in [2.05, 4.69) is 4.72 Å². The van der Waals surface area contributed by atoms with Crippen molar-refractivity contribution in [1.82, 2.24) is 4.57 Å². The van der Waals surface area contributed by atoms with Gasteiger partial charge in [0.05, 0.1) is 16.0 Å². The Hall–Kier alpha value is -2.81. The van der Waals surface area contributed by atoms with Crippen LogP contribution in [0.4, 0.5) is 18.9 Å². The van der Waals surface area contributed by atoms with Crippen molar-refractivity contribution in [2.75, 3.05) is 4.72 Å². The van der Waals surface area contributed by atoms with Gasteiger partial charge in [0.25, 0.3) is 15.6 Å². The van der Waals surface area contributed by atoms with Crippen LogP contribution in [0.15, 0.2) is 52.2 Å². The SMILES string of the molecule is Cn1c(=O)cc(C(F)(F)F)c2cc(S(=O)(=O)Nc3ccc4c(c3)CCC4)ccc21. The molecule has 0 aliphatic heterocycles. The predicted octanol–water partition coefficient (Wildman–Crippen LogP) is 3.85. The largest absolute Gasteiger partial charge is 0.417 e. The van der Waals surface area contributed by atoms with Gasteiger partial charge in [-0.25, -0.2) is 8.42 Å². The molecule has 1 aliphatic carbocycles. The number of hydrogen-bond donors (Lipinski definition) is 1. The van der Waals surface area contributed by atoms with E-state index in [9.17, 15) is 26.4 Å². The van der Waals surface area contributed by atoms with E-state index in [0.29, 0.717) is 11.8 Å². The Morgan fingerprint density at radius 2 is 1.72 bits per heavy atom. The first kappa shape index (κ1) is 19.5. The number of aromatic nitrogens is 1. The molecule has 0 bridgehead atoms. The summed E-state index contributed by atoms with van der Waals surface area (Å²) in [5, 5.41) is -0.351. The quantitative estimate of drug-likeness (QED) is 0.697. The van der Waals surface area contributed by atoms with E-state index in [1.807, 2.05) is 6.07 Å². The number of sulfonamides is 1. The maximum Gasteiger partial charge on any atom is 0.417 e. The highest BCUT2D eigenvalue weighted by Gasteiger charge is 2.34. The Morgan fingerprint density at radius 3 is 2.45 bits per heavy atom. The molecule has 152 valence electrons. The third kappa shape index (κ3) is 3.50. The van der Waals surface area contributed by atoms with Gasteiger partial charge in [0.1, 0.15) is 0 Å². The van der Waals surface area contributed by atoms with E-state index in [1.165, 1.54) is 24.7 Å². The molecule has 2 aromatic carbocycles. The van der Waals surface area contributed by atoms with Crippen LogP contribution < -0.4 is 10.3 Å². The molecular formula is C20H17F3N2O3S. The highest BCUT2D eigenvalue weighted by atomic mass is 32.2. The van der Waals surface area contributed by atoms with Crippen LogP contribution >= 0.6 is 0 Å². The molecule has 0 spiro atoms. The fourth-order valence-electron chi connectivity index (χ4n) is 3.69. The number of nitrogens with zero attached hydrogens (tertiary/aromatic N) is 1. The summed E-state index contributed by atoms with van der Waals surface area (Å²) < 4.78 is 69.3. The highest BCUT2D eigenvalue weighted by molar-refractivity contribution is 7.92. The van der Waals surface area contributed by atoms with Crippen LogP contribution in [-0.4, -0.2) is 13.0 Å². The van der Waals surface area contributed by atoms with Gasteiger partial charge >= 0.3 is 6.18 Å². The third-order valence-corrected chi connectivity index (χ3v) is 6.56. The smallest absolute Gasteiger partial charge is 0.311 e. The molecule has 5 nitrogen and oxygen atoms in total. The summed E-state index contributed by atoms with van der Waals surface area (Å²) >= 11 is 0. The average Bonchev–Trinajstić information content (AvgIpc) is 3.10. The molecule has 1 aromatic heterocycles. The number of anilines is 1. The van der Waals surface area contributed by atoms with Gasteiger partial charge in [-0.15, -0.1) is 0 Å². The molecule has 0 saturated carbocycles. The summed E-state index contributed by atoms with van der Waals surface area (Å²) in [6, 6.07) is 9.10. The van der Waals surface area contributed by atoms with E-state index in [0.717, 1.165) is 35.5 Å². The molecule has 9 heteroatoms. The van der Waals surface area contributed by atoms with Crippen LogP contribution in [0.2, 0.25) is 0 Å². The number of nitrogens with one attached hydrogen (secondary N) is 1. The standard InChI is InChI=1S/C20H17F3N2O3S/c1-25-18-8-7-15(10-16(18)17(11-19(25)26)20(21,22)23)29(27,28)24-14-6-5-12-3-2-4-13(12)9-14/h5-11,24H,2-4H2,1H3.